The van der Waals surface area contributed by atoms with E-state index in [-0.39, 0.29) is 47.9 Å². The molecule has 318 valence electrons. The topological polar surface area (TPSA) is 211 Å². The van der Waals surface area contributed by atoms with Gasteiger partial charge >= 0.3 is 12.1 Å². The number of nitrogens with one attached hydrogen (secondary N) is 6. The van der Waals surface area contributed by atoms with Crippen molar-refractivity contribution in [1.29, 1.82) is 0 Å². The first kappa shape index (κ1) is 45.6. The number of methoxy groups -OCH3 is 1. The number of aromatic amines is 2. The van der Waals surface area contributed by atoms with Crippen LogP contribution in [0.5, 0.6) is 5.75 Å². The number of carbonyl (C=O) groups is 2. The summed E-state index contributed by atoms with van der Waals surface area (Å²) in [4.78, 5) is 68.3. The molecule has 0 aliphatic rings. The van der Waals surface area contributed by atoms with Crippen molar-refractivity contribution in [3.05, 3.63) is 91.8 Å². The lowest BCUT2D eigenvalue weighted by atomic mass is 9.93. The van der Waals surface area contributed by atoms with E-state index in [1.807, 2.05) is 53.4 Å². The van der Waals surface area contributed by atoms with E-state index in [0.29, 0.717) is 47.0 Å². The number of carbonyl (C=O) groups excluding carboxylic acids is 2. The largest absolute Gasteiger partial charge is 0.497 e. The Morgan fingerprint density at radius 3 is 1.51 bits per heavy atom. The molecule has 4 amide bonds. The molecule has 59 heavy (non-hydrogen) atoms. The van der Waals surface area contributed by atoms with Crippen LogP contribution < -0.4 is 42.0 Å². The predicted octanol–water partition coefficient (Wildman–Crippen LogP) is 8.71. The van der Waals surface area contributed by atoms with Gasteiger partial charge < -0.3 is 20.3 Å². The monoisotopic (exact) mass is 811 g/mol. The maximum atomic E-state index is 13.0. The number of H-pyrrole nitrogens is 2. The third kappa shape index (κ3) is 13.8. The Morgan fingerprint density at radius 2 is 1.12 bits per heavy atom. The number of benzene rings is 2. The Labute approximate surface area is 346 Å². The summed E-state index contributed by atoms with van der Waals surface area (Å²) in [6, 6.07) is 13.6. The first-order chi connectivity index (χ1) is 28.5. The van der Waals surface area contributed by atoms with E-state index in [9.17, 15) is 19.2 Å². The summed E-state index contributed by atoms with van der Waals surface area (Å²) < 4.78 is 5.21. The fourth-order valence-electron chi connectivity index (χ4n) is 6.76. The first-order valence-electron chi connectivity index (χ1n) is 20.7. The highest BCUT2D eigenvalue weighted by atomic mass is 16.5. The lowest BCUT2D eigenvalue weighted by Crippen LogP contribution is -2.41. The van der Waals surface area contributed by atoms with E-state index >= 15 is 0 Å². The molecule has 4 rings (SSSR count). The quantitative estimate of drug-likeness (QED) is 0.0422. The van der Waals surface area contributed by atoms with Crippen molar-refractivity contribution in [3.63, 3.8) is 0 Å². The van der Waals surface area contributed by atoms with Gasteiger partial charge in [0.2, 0.25) is 11.9 Å². The minimum atomic E-state index is -0.518. The minimum absolute atomic E-state index is 0.0946. The molecule has 0 spiro atoms. The van der Waals surface area contributed by atoms with E-state index in [4.69, 9.17) is 4.74 Å². The van der Waals surface area contributed by atoms with Crippen molar-refractivity contribution < 1.29 is 14.3 Å². The number of aromatic nitrogens is 4. The number of amides is 4. The van der Waals surface area contributed by atoms with Crippen LogP contribution in [0.2, 0.25) is 0 Å². The summed E-state index contributed by atoms with van der Waals surface area (Å²) in [6.07, 6.45) is 7.62. The fourth-order valence-corrected chi connectivity index (χ4v) is 6.76. The molecule has 2 aromatic carbocycles. The molecule has 2 heterocycles. The number of rotatable bonds is 22. The number of azo groups is 1. The lowest BCUT2D eigenvalue weighted by molar-refractivity contribution is 0.251. The van der Waals surface area contributed by atoms with Gasteiger partial charge in [0.25, 0.3) is 11.1 Å². The standard InChI is InChI=1S/C43H61N11O5/c1-8-12-14-30(10-3)36-28(5)38(55)48-40(46-36)50-42(57)44-24-26-54(34-20-16-32(17-21-34)52-53-33-18-22-35(59-7)23-19-33)27-25-45-43(58)51-41-47-37(29(6)39(56)49-41)31(11-4)15-13-9-2/h16-23,30-31H,8-15,24-27H2,1-7H3,(H3,44,46,48,50,55,57)(H3,45,47,49,51,56,58). The molecule has 0 bridgehead atoms. The maximum absolute atomic E-state index is 13.0. The number of urea groups is 2. The van der Waals surface area contributed by atoms with Crippen molar-refractivity contribution in [3.8, 4) is 5.75 Å². The van der Waals surface area contributed by atoms with Crippen LogP contribution in [0, 0.1) is 13.8 Å². The molecule has 2 atom stereocenters. The summed E-state index contributed by atoms with van der Waals surface area (Å²) in [6.45, 7) is 13.1. The second-order valence-electron chi connectivity index (χ2n) is 14.5. The van der Waals surface area contributed by atoms with Gasteiger partial charge in [-0.3, -0.25) is 30.2 Å². The molecular weight excluding hydrogens is 751 g/mol. The SMILES string of the molecule is CCCCC(CC)c1nc(NC(=O)NCCN(CCNC(=O)Nc2nc(C(CC)CCCC)c(C)c(=O)[nH]2)c2ccc(N=Nc3ccc(OC)cc3)cc2)[nH]c(=O)c1C. The molecule has 0 saturated carbocycles. The van der Waals surface area contributed by atoms with Crippen LogP contribution in [0.1, 0.15) is 113 Å². The van der Waals surface area contributed by atoms with Crippen LogP contribution >= 0.6 is 0 Å². The van der Waals surface area contributed by atoms with Crippen molar-refractivity contribution in [1.82, 2.24) is 30.6 Å². The molecule has 4 aromatic rings. The lowest BCUT2D eigenvalue weighted by Gasteiger charge is -2.25. The van der Waals surface area contributed by atoms with Gasteiger partial charge in [0.15, 0.2) is 0 Å². The molecule has 2 aromatic heterocycles. The normalized spacial score (nSPS) is 12.2. The smallest absolute Gasteiger partial charge is 0.321 e. The minimum Gasteiger partial charge on any atom is -0.497 e. The molecular formula is C43H61N11O5. The number of nitrogens with zero attached hydrogens (tertiary/aromatic N) is 5. The summed E-state index contributed by atoms with van der Waals surface area (Å²) in [5, 5.41) is 19.8. The predicted molar refractivity (Wildman–Crippen MR) is 234 cm³/mol. The van der Waals surface area contributed by atoms with E-state index in [1.165, 1.54) is 0 Å². The second kappa shape index (κ2) is 23.4. The van der Waals surface area contributed by atoms with Crippen molar-refractivity contribution >= 4 is 41.0 Å². The van der Waals surface area contributed by atoms with E-state index in [1.54, 1.807) is 21.0 Å². The zero-order chi connectivity index (χ0) is 42.7. The van der Waals surface area contributed by atoms with Crippen molar-refractivity contribution in [2.75, 3.05) is 48.8 Å². The van der Waals surface area contributed by atoms with Gasteiger partial charge in [0.1, 0.15) is 5.75 Å². The van der Waals surface area contributed by atoms with Gasteiger partial charge in [-0.2, -0.15) is 10.2 Å². The van der Waals surface area contributed by atoms with E-state index in [2.05, 4.69) is 79.1 Å². The van der Waals surface area contributed by atoms with Gasteiger partial charge in [0, 0.05) is 54.8 Å². The van der Waals surface area contributed by atoms with E-state index < -0.39 is 12.1 Å². The van der Waals surface area contributed by atoms with Crippen LogP contribution in [-0.4, -0.2) is 65.3 Å². The van der Waals surface area contributed by atoms with Crippen molar-refractivity contribution in [2.24, 2.45) is 10.2 Å². The Balaban J connectivity index is 1.43. The van der Waals surface area contributed by atoms with Crippen LogP contribution in [0.25, 0.3) is 0 Å². The van der Waals surface area contributed by atoms with Gasteiger partial charge in [0.05, 0.1) is 29.9 Å². The summed E-state index contributed by atoms with van der Waals surface area (Å²) in [7, 11) is 1.60. The number of hydrogen-bond donors (Lipinski definition) is 6. The zero-order valence-electron chi connectivity index (χ0n) is 35.5. The maximum Gasteiger partial charge on any atom is 0.321 e. The third-order valence-electron chi connectivity index (χ3n) is 10.3. The highest BCUT2D eigenvalue weighted by molar-refractivity contribution is 5.87. The number of hydrogen-bond acceptors (Lipinski definition) is 10. The molecule has 0 fully saturated rings. The molecule has 0 aliphatic carbocycles. The van der Waals surface area contributed by atoms with Crippen LogP contribution in [0.3, 0.4) is 0 Å². The van der Waals surface area contributed by atoms with E-state index in [0.717, 1.165) is 62.8 Å². The number of ether oxygens (including phenoxy) is 1. The molecule has 0 radical (unpaired) electrons. The summed E-state index contributed by atoms with van der Waals surface area (Å²) in [5.41, 5.74) is 4.10. The second-order valence-corrected chi connectivity index (χ2v) is 14.5. The Bertz CT molecular complexity index is 2000. The molecule has 0 saturated heterocycles. The molecule has 16 nitrogen and oxygen atoms in total. The highest BCUT2D eigenvalue weighted by Crippen LogP contribution is 2.27. The third-order valence-corrected chi connectivity index (χ3v) is 10.3. The number of unbranched alkanes of at least 4 members (excludes halogenated alkanes) is 2. The van der Waals surface area contributed by atoms with Crippen LogP contribution in [0.15, 0.2) is 68.3 Å². The Kier molecular flexibility index (Phi) is 18.1. The van der Waals surface area contributed by atoms with Gasteiger partial charge in [-0.05, 0) is 88.1 Å². The average Bonchev–Trinajstić information content (AvgIpc) is 3.23. The molecule has 6 N–H and O–H groups in total. The summed E-state index contributed by atoms with van der Waals surface area (Å²) in [5.74, 6) is 1.16. The first-order valence-corrected chi connectivity index (χ1v) is 20.7. The Hall–Kier alpha value is -6.06. The highest BCUT2D eigenvalue weighted by Gasteiger charge is 2.19. The van der Waals surface area contributed by atoms with Crippen LogP contribution in [-0.2, 0) is 0 Å². The zero-order valence-corrected chi connectivity index (χ0v) is 35.5. The molecule has 16 heteroatoms. The van der Waals surface area contributed by atoms with Gasteiger partial charge in [-0.25, -0.2) is 19.6 Å². The number of anilines is 3. The van der Waals surface area contributed by atoms with Gasteiger partial charge in [-0.1, -0.05) is 53.4 Å². The van der Waals surface area contributed by atoms with Gasteiger partial charge in [-0.15, -0.1) is 0 Å². The Morgan fingerprint density at radius 1 is 0.695 bits per heavy atom. The van der Waals surface area contributed by atoms with Crippen molar-refractivity contribution in [2.45, 2.75) is 105 Å². The molecule has 0 aliphatic heterocycles. The average molecular weight is 812 g/mol. The molecule has 2 unspecified atom stereocenters. The van der Waals surface area contributed by atoms with Crippen LogP contribution in [0.4, 0.5) is 38.5 Å². The summed E-state index contributed by atoms with van der Waals surface area (Å²) >= 11 is 0. The fraction of sp³-hybridized carbons (Fsp3) is 0.488.